The van der Waals surface area contributed by atoms with Gasteiger partial charge in [-0.3, -0.25) is 0 Å². The van der Waals surface area contributed by atoms with E-state index in [2.05, 4.69) is 11.9 Å². The molecule has 1 atom stereocenters. The Morgan fingerprint density at radius 3 is 3.07 bits per heavy atom. The lowest BCUT2D eigenvalue weighted by Crippen LogP contribution is -2.29. The number of benzene rings is 1. The number of hydrogen-bond donors (Lipinski definition) is 1. The van der Waals surface area contributed by atoms with Gasteiger partial charge in [-0.25, -0.2) is 4.39 Å². The molecule has 1 nitrogen and oxygen atoms in total. The van der Waals surface area contributed by atoms with Crippen molar-refractivity contribution in [1.29, 1.82) is 0 Å². The van der Waals surface area contributed by atoms with E-state index in [0.29, 0.717) is 10.6 Å². The Labute approximate surface area is 87.6 Å². The molecule has 0 bridgehead atoms. The highest BCUT2D eigenvalue weighted by Crippen LogP contribution is 2.29. The molecular weight excluding hydrogens is 201 g/mol. The second kappa shape index (κ2) is 3.71. The first-order valence-corrected chi connectivity index (χ1v) is 4.94. The predicted octanol–water partition coefficient (Wildman–Crippen LogP) is 2.85. The van der Waals surface area contributed by atoms with Crippen molar-refractivity contribution < 1.29 is 4.39 Å². The number of rotatable bonds is 1. The Morgan fingerprint density at radius 2 is 2.36 bits per heavy atom. The minimum Gasteiger partial charge on any atom is -0.306 e. The highest BCUT2D eigenvalue weighted by atomic mass is 35.5. The van der Waals surface area contributed by atoms with Crippen LogP contribution in [0, 0.1) is 5.82 Å². The van der Waals surface area contributed by atoms with Gasteiger partial charge in [0.05, 0.1) is 6.04 Å². The molecule has 0 aromatic heterocycles. The summed E-state index contributed by atoms with van der Waals surface area (Å²) in [6.45, 7) is 4.52. The van der Waals surface area contributed by atoms with E-state index in [1.54, 1.807) is 6.08 Å². The summed E-state index contributed by atoms with van der Waals surface area (Å²) < 4.78 is 13.6. The molecule has 0 spiro atoms. The minimum atomic E-state index is -0.246. The largest absolute Gasteiger partial charge is 0.306 e. The van der Waals surface area contributed by atoms with Crippen LogP contribution in [0.4, 0.5) is 4.39 Å². The fourth-order valence-electron chi connectivity index (χ4n) is 1.86. The summed E-state index contributed by atoms with van der Waals surface area (Å²) in [6.07, 6.45) is 2.53. The minimum absolute atomic E-state index is 0.0870. The lowest BCUT2D eigenvalue weighted by Gasteiger charge is -2.25. The molecule has 3 heteroatoms. The molecule has 0 saturated heterocycles. The second-order valence-corrected chi connectivity index (χ2v) is 3.81. The Hall–Kier alpha value is -0.860. The zero-order valence-corrected chi connectivity index (χ0v) is 8.44. The normalized spacial score (nSPS) is 20.3. The first-order chi connectivity index (χ1) is 6.72. The average Bonchev–Trinajstić information content (AvgIpc) is 2.16. The van der Waals surface area contributed by atoms with Gasteiger partial charge in [-0.2, -0.15) is 0 Å². The van der Waals surface area contributed by atoms with Crippen molar-refractivity contribution >= 4 is 11.6 Å². The van der Waals surface area contributed by atoms with Crippen LogP contribution in [-0.4, -0.2) is 6.54 Å². The van der Waals surface area contributed by atoms with E-state index in [1.807, 2.05) is 6.07 Å². The van der Waals surface area contributed by atoms with Gasteiger partial charge in [0, 0.05) is 17.1 Å². The van der Waals surface area contributed by atoms with Crippen LogP contribution in [0.25, 0.3) is 0 Å². The van der Waals surface area contributed by atoms with Crippen molar-refractivity contribution in [3.05, 3.63) is 46.8 Å². The maximum Gasteiger partial charge on any atom is 0.130 e. The molecule has 14 heavy (non-hydrogen) atoms. The third kappa shape index (κ3) is 1.56. The molecule has 0 amide bonds. The average molecular weight is 212 g/mol. The Bertz CT molecular complexity index is 376. The number of hydrogen-bond acceptors (Lipinski definition) is 1. The van der Waals surface area contributed by atoms with Crippen LogP contribution in [-0.2, 0) is 6.42 Å². The summed E-state index contributed by atoms with van der Waals surface area (Å²) in [7, 11) is 0. The zero-order chi connectivity index (χ0) is 10.1. The van der Waals surface area contributed by atoms with Crippen molar-refractivity contribution in [1.82, 2.24) is 5.32 Å². The number of halogens is 2. The van der Waals surface area contributed by atoms with Gasteiger partial charge in [0.25, 0.3) is 0 Å². The van der Waals surface area contributed by atoms with Gasteiger partial charge >= 0.3 is 0 Å². The maximum absolute atomic E-state index is 13.6. The Balaban J connectivity index is 2.56. The molecule has 2 rings (SSSR count). The summed E-state index contributed by atoms with van der Waals surface area (Å²) in [5, 5.41) is 3.65. The van der Waals surface area contributed by atoms with Crippen LogP contribution in [0.3, 0.4) is 0 Å². The molecular formula is C11H11ClFN. The zero-order valence-electron chi connectivity index (χ0n) is 7.69. The Morgan fingerprint density at radius 1 is 1.57 bits per heavy atom. The van der Waals surface area contributed by atoms with E-state index in [9.17, 15) is 4.39 Å². The number of fused-ring (bicyclic) bond motifs is 1. The van der Waals surface area contributed by atoms with Gasteiger partial charge in [0.2, 0.25) is 0 Å². The van der Waals surface area contributed by atoms with Crippen LogP contribution < -0.4 is 5.32 Å². The fraction of sp³-hybridized carbons (Fsp3) is 0.273. The lowest BCUT2D eigenvalue weighted by atomic mass is 9.94. The van der Waals surface area contributed by atoms with Crippen molar-refractivity contribution in [2.24, 2.45) is 0 Å². The molecule has 1 N–H and O–H groups in total. The highest BCUT2D eigenvalue weighted by Gasteiger charge is 2.21. The van der Waals surface area contributed by atoms with Gasteiger partial charge < -0.3 is 5.32 Å². The third-order valence-electron chi connectivity index (χ3n) is 2.49. The monoisotopic (exact) mass is 211 g/mol. The molecule has 1 aromatic carbocycles. The van der Waals surface area contributed by atoms with Crippen LogP contribution in [0.1, 0.15) is 17.2 Å². The summed E-state index contributed by atoms with van der Waals surface area (Å²) in [5.74, 6) is -0.246. The highest BCUT2D eigenvalue weighted by molar-refractivity contribution is 6.30. The molecule has 0 aliphatic carbocycles. The van der Waals surface area contributed by atoms with E-state index < -0.39 is 0 Å². The second-order valence-electron chi connectivity index (χ2n) is 3.38. The van der Waals surface area contributed by atoms with E-state index in [1.165, 1.54) is 6.07 Å². The van der Waals surface area contributed by atoms with Crippen molar-refractivity contribution in [3.8, 4) is 0 Å². The first-order valence-electron chi connectivity index (χ1n) is 4.56. The van der Waals surface area contributed by atoms with Gasteiger partial charge in [-0.15, -0.1) is 6.58 Å². The topological polar surface area (TPSA) is 12.0 Å². The third-order valence-corrected chi connectivity index (χ3v) is 2.70. The summed E-state index contributed by atoms with van der Waals surface area (Å²) >= 11 is 5.79. The van der Waals surface area contributed by atoms with Crippen LogP contribution in [0.5, 0.6) is 0 Å². The smallest absolute Gasteiger partial charge is 0.130 e. The van der Waals surface area contributed by atoms with E-state index in [-0.39, 0.29) is 11.9 Å². The molecule has 1 aliphatic heterocycles. The fourth-order valence-corrected chi connectivity index (χ4v) is 2.09. The van der Waals surface area contributed by atoms with Gasteiger partial charge in [0.15, 0.2) is 0 Å². The lowest BCUT2D eigenvalue weighted by molar-refractivity contribution is 0.528. The molecule has 0 fully saturated rings. The molecule has 1 aromatic rings. The SMILES string of the molecule is C=CC1NCCc2cc(Cl)cc(F)c21. The van der Waals surface area contributed by atoms with Crippen molar-refractivity contribution in [2.75, 3.05) is 6.54 Å². The van der Waals surface area contributed by atoms with E-state index in [4.69, 9.17) is 11.6 Å². The van der Waals surface area contributed by atoms with E-state index in [0.717, 1.165) is 18.5 Å². The van der Waals surface area contributed by atoms with Crippen molar-refractivity contribution in [3.63, 3.8) is 0 Å². The predicted molar refractivity (Wildman–Crippen MR) is 56.1 cm³/mol. The maximum atomic E-state index is 13.6. The van der Waals surface area contributed by atoms with E-state index >= 15 is 0 Å². The van der Waals surface area contributed by atoms with Gasteiger partial charge in [0.1, 0.15) is 5.82 Å². The molecule has 1 unspecified atom stereocenters. The molecule has 0 radical (unpaired) electrons. The molecule has 1 aliphatic rings. The molecule has 0 saturated carbocycles. The molecule has 1 heterocycles. The quantitative estimate of drug-likeness (QED) is 0.705. The summed E-state index contributed by atoms with van der Waals surface area (Å²) in [5.41, 5.74) is 1.68. The van der Waals surface area contributed by atoms with Crippen LogP contribution in [0.15, 0.2) is 24.8 Å². The Kier molecular flexibility index (Phi) is 2.57. The number of nitrogens with one attached hydrogen (secondary N) is 1. The molecule has 74 valence electrons. The van der Waals surface area contributed by atoms with Crippen molar-refractivity contribution in [2.45, 2.75) is 12.5 Å². The van der Waals surface area contributed by atoms with Crippen LogP contribution >= 0.6 is 11.6 Å². The van der Waals surface area contributed by atoms with Crippen LogP contribution in [0.2, 0.25) is 5.02 Å². The standard InChI is InChI=1S/C11H11ClFN/c1-2-10-11-7(3-4-14-10)5-8(12)6-9(11)13/h2,5-6,10,14H,1,3-4H2. The van der Waals surface area contributed by atoms with Gasteiger partial charge in [-0.05, 0) is 24.1 Å². The summed E-state index contributed by atoms with van der Waals surface area (Å²) in [4.78, 5) is 0. The van der Waals surface area contributed by atoms with Gasteiger partial charge in [-0.1, -0.05) is 17.7 Å². The summed E-state index contributed by atoms with van der Waals surface area (Å²) in [6, 6.07) is 3.09. The first kappa shape index (κ1) is 9.69.